The van der Waals surface area contributed by atoms with Crippen molar-refractivity contribution in [3.8, 4) is 0 Å². The van der Waals surface area contributed by atoms with Gasteiger partial charge in [0.15, 0.2) is 0 Å². The van der Waals surface area contributed by atoms with Gasteiger partial charge in [-0.05, 0) is 61.4 Å². The molecule has 1 saturated heterocycles. The summed E-state index contributed by atoms with van der Waals surface area (Å²) in [6.07, 6.45) is 8.84. The smallest absolute Gasteiger partial charge is 0.258 e. The molecule has 1 heterocycles. The molecule has 1 aliphatic carbocycles. The van der Waals surface area contributed by atoms with Crippen LogP contribution in [0.25, 0.3) is 0 Å². The van der Waals surface area contributed by atoms with Gasteiger partial charge in [-0.1, -0.05) is 86.0 Å². The lowest BCUT2D eigenvalue weighted by Crippen LogP contribution is -2.45. The van der Waals surface area contributed by atoms with Gasteiger partial charge in [-0.2, -0.15) is 0 Å². The third kappa shape index (κ3) is 6.95. The molecule has 1 amide bonds. The Labute approximate surface area is 244 Å². The van der Waals surface area contributed by atoms with E-state index in [1.54, 1.807) is 30.3 Å². The molecule has 0 aromatic heterocycles. The standard InChI is InChI=1S/C31H34Cl2FN5O/c32-23-12-10-11-22(17-23)28(40)37-30(36-26-19-24(33)18-25(34)20-26)38-29-31(15-8-3-1-2-4-9-16-31)21-35-39(29)27-13-6-5-7-14-27/h5-7,10-14,17-20,29,35H,1-4,8-9,15-16,21H2,(H2,36,37,38,40). The second-order valence-electron chi connectivity index (χ2n) is 10.6. The molecule has 1 aliphatic heterocycles. The molecule has 9 heteroatoms. The Bertz CT molecular complexity index is 1320. The average molecular weight is 583 g/mol. The zero-order valence-corrected chi connectivity index (χ0v) is 23.8. The van der Waals surface area contributed by atoms with E-state index in [0.29, 0.717) is 16.3 Å². The highest BCUT2D eigenvalue weighted by Crippen LogP contribution is 2.43. The normalized spacial score (nSPS) is 19.5. The van der Waals surface area contributed by atoms with Crippen LogP contribution in [0.2, 0.25) is 10.0 Å². The molecule has 3 aromatic carbocycles. The van der Waals surface area contributed by atoms with Crippen LogP contribution >= 0.6 is 23.2 Å². The largest absolute Gasteiger partial charge is 0.326 e. The van der Waals surface area contributed by atoms with Gasteiger partial charge < -0.3 is 5.32 Å². The first kappa shape index (κ1) is 28.4. The maximum absolute atomic E-state index is 14.3. The Morgan fingerprint density at radius 3 is 2.33 bits per heavy atom. The minimum Gasteiger partial charge on any atom is -0.326 e. The van der Waals surface area contributed by atoms with Crippen molar-refractivity contribution in [2.45, 2.75) is 57.5 Å². The maximum atomic E-state index is 14.3. The average Bonchev–Trinajstić information content (AvgIpc) is 3.33. The number of hydrogen-bond donors (Lipinski definition) is 3. The van der Waals surface area contributed by atoms with Crippen LogP contribution in [0.3, 0.4) is 0 Å². The first-order chi connectivity index (χ1) is 19.4. The van der Waals surface area contributed by atoms with Crippen LogP contribution in [0.1, 0.15) is 61.7 Å². The highest BCUT2D eigenvalue weighted by atomic mass is 35.5. The van der Waals surface area contributed by atoms with E-state index in [-0.39, 0.29) is 28.5 Å². The Morgan fingerprint density at radius 2 is 1.62 bits per heavy atom. The third-order valence-electron chi connectivity index (χ3n) is 7.72. The number of guanidine groups is 1. The number of para-hydroxylation sites is 1. The van der Waals surface area contributed by atoms with Gasteiger partial charge in [-0.3, -0.25) is 15.1 Å². The minimum absolute atomic E-state index is 0.145. The maximum Gasteiger partial charge on any atom is 0.258 e. The quantitative estimate of drug-likeness (QED) is 0.217. The van der Waals surface area contributed by atoms with Gasteiger partial charge in [0.05, 0.1) is 5.69 Å². The second-order valence-corrected chi connectivity index (χ2v) is 11.5. The Kier molecular flexibility index (Phi) is 9.25. The summed E-state index contributed by atoms with van der Waals surface area (Å²) in [5, 5.41) is 8.87. The summed E-state index contributed by atoms with van der Waals surface area (Å²) in [5.74, 6) is -0.658. The molecule has 1 unspecified atom stereocenters. The lowest BCUT2D eigenvalue weighted by molar-refractivity contribution is 0.0976. The molecule has 1 saturated carbocycles. The van der Waals surface area contributed by atoms with Crippen molar-refractivity contribution < 1.29 is 9.18 Å². The summed E-state index contributed by atoms with van der Waals surface area (Å²) in [6, 6.07) is 21.0. The van der Waals surface area contributed by atoms with Crippen LogP contribution in [0.15, 0.2) is 77.8 Å². The topological polar surface area (TPSA) is 68.8 Å². The second kappa shape index (κ2) is 13.0. The summed E-state index contributed by atoms with van der Waals surface area (Å²) < 4.78 is 14.3. The zero-order valence-electron chi connectivity index (χ0n) is 22.3. The number of hydrazine groups is 1. The number of benzene rings is 3. The van der Waals surface area contributed by atoms with Gasteiger partial charge in [-0.25, -0.2) is 14.8 Å². The predicted molar refractivity (Wildman–Crippen MR) is 161 cm³/mol. The van der Waals surface area contributed by atoms with E-state index in [0.717, 1.165) is 37.9 Å². The van der Waals surface area contributed by atoms with E-state index in [1.807, 2.05) is 30.3 Å². The summed E-state index contributed by atoms with van der Waals surface area (Å²) in [6.45, 7) is 0.775. The predicted octanol–water partition coefficient (Wildman–Crippen LogP) is 7.80. The van der Waals surface area contributed by atoms with Crippen LogP contribution in [0.5, 0.6) is 0 Å². The first-order valence-corrected chi connectivity index (χ1v) is 14.6. The Hall–Kier alpha value is -3.13. The monoisotopic (exact) mass is 581 g/mol. The molecular weight excluding hydrogens is 548 g/mol. The van der Waals surface area contributed by atoms with E-state index >= 15 is 0 Å². The fraction of sp³-hybridized carbons (Fsp3) is 0.355. The summed E-state index contributed by atoms with van der Waals surface area (Å²) >= 11 is 12.3. The van der Waals surface area contributed by atoms with Gasteiger partial charge in [-0.15, -0.1) is 0 Å². The van der Waals surface area contributed by atoms with Crippen LogP contribution < -0.4 is 21.1 Å². The highest BCUT2D eigenvalue weighted by molar-refractivity contribution is 6.31. The molecule has 2 fully saturated rings. The van der Waals surface area contributed by atoms with Crippen LogP contribution in [-0.4, -0.2) is 24.6 Å². The van der Waals surface area contributed by atoms with E-state index in [9.17, 15) is 9.18 Å². The molecule has 5 rings (SSSR count). The van der Waals surface area contributed by atoms with Crippen molar-refractivity contribution in [2.75, 3.05) is 16.9 Å². The molecule has 40 heavy (non-hydrogen) atoms. The number of rotatable bonds is 4. The first-order valence-electron chi connectivity index (χ1n) is 13.9. The number of halogens is 3. The van der Waals surface area contributed by atoms with E-state index in [2.05, 4.69) is 21.1 Å². The van der Waals surface area contributed by atoms with Gasteiger partial charge in [0.1, 0.15) is 12.0 Å². The molecular formula is C31H34Cl2FN5O. The summed E-state index contributed by atoms with van der Waals surface area (Å²) in [5.41, 5.74) is 5.24. The number of anilines is 2. The number of aliphatic imine (C=N–C) groups is 1. The molecule has 0 radical (unpaired) electrons. The number of carbonyl (C=O) groups is 1. The Morgan fingerprint density at radius 1 is 0.900 bits per heavy atom. The van der Waals surface area contributed by atoms with Gasteiger partial charge in [0.2, 0.25) is 5.96 Å². The lowest BCUT2D eigenvalue weighted by Gasteiger charge is -2.35. The van der Waals surface area contributed by atoms with Crippen molar-refractivity contribution >= 4 is 46.4 Å². The lowest BCUT2D eigenvalue weighted by atomic mass is 9.76. The molecule has 6 nitrogen and oxygen atoms in total. The number of nitrogens with one attached hydrogen (secondary N) is 3. The number of amides is 1. The van der Waals surface area contributed by atoms with E-state index < -0.39 is 5.82 Å². The minimum atomic E-state index is -0.489. The molecule has 1 atom stereocenters. The SMILES string of the molecule is O=C(NC(=NC1N(c2ccccc2)NCC12CCCCCCCC2)Nc1cc(F)cc(Cl)c1)c1cccc(Cl)c1. The van der Waals surface area contributed by atoms with Crippen molar-refractivity contribution in [3.63, 3.8) is 0 Å². The van der Waals surface area contributed by atoms with Gasteiger partial charge >= 0.3 is 0 Å². The van der Waals surface area contributed by atoms with Crippen molar-refractivity contribution in [1.82, 2.24) is 10.7 Å². The zero-order chi connectivity index (χ0) is 28.0. The molecule has 3 N–H and O–H groups in total. The molecule has 0 bridgehead atoms. The van der Waals surface area contributed by atoms with E-state index in [4.69, 9.17) is 28.2 Å². The van der Waals surface area contributed by atoms with Crippen molar-refractivity contribution in [2.24, 2.45) is 10.4 Å². The number of nitrogens with zero attached hydrogens (tertiary/aromatic N) is 2. The van der Waals surface area contributed by atoms with Gasteiger partial charge in [0, 0.05) is 33.3 Å². The van der Waals surface area contributed by atoms with Crippen molar-refractivity contribution in [1.29, 1.82) is 0 Å². The molecule has 210 valence electrons. The highest BCUT2D eigenvalue weighted by Gasteiger charge is 2.47. The molecule has 2 aliphatic rings. The number of hydrogen-bond acceptors (Lipinski definition) is 4. The summed E-state index contributed by atoms with van der Waals surface area (Å²) in [7, 11) is 0. The molecule has 3 aromatic rings. The third-order valence-corrected chi connectivity index (χ3v) is 8.18. The van der Waals surface area contributed by atoms with Crippen LogP contribution in [-0.2, 0) is 0 Å². The fourth-order valence-electron chi connectivity index (χ4n) is 5.72. The van der Waals surface area contributed by atoms with Crippen LogP contribution in [0.4, 0.5) is 15.8 Å². The summed E-state index contributed by atoms with van der Waals surface area (Å²) in [4.78, 5) is 18.5. The Balaban J connectivity index is 1.56. The van der Waals surface area contributed by atoms with Crippen molar-refractivity contribution in [3.05, 3.63) is 94.2 Å². The van der Waals surface area contributed by atoms with E-state index in [1.165, 1.54) is 37.8 Å². The fourth-order valence-corrected chi connectivity index (χ4v) is 6.13. The van der Waals surface area contributed by atoms with Crippen LogP contribution in [0, 0.1) is 11.2 Å². The molecule has 1 spiro atoms. The number of carbonyl (C=O) groups excluding carboxylic acids is 1. The van der Waals surface area contributed by atoms with Gasteiger partial charge in [0.25, 0.3) is 5.91 Å².